The third-order valence-corrected chi connectivity index (χ3v) is 4.75. The van der Waals surface area contributed by atoms with Crippen molar-refractivity contribution < 1.29 is 14.3 Å². The number of fused-ring (bicyclic) bond motifs is 1. The number of nitrogens with zero attached hydrogens (tertiary/aromatic N) is 2. The van der Waals surface area contributed by atoms with Crippen LogP contribution in [0.4, 0.5) is 0 Å². The SMILES string of the molecule is COC(=O)CNC(=O)CSc1nc2ccccc2n1-c1ccc(C)cc1. The standard InChI is InChI=1S/C19H19N3O3S/c1-13-7-9-14(10-8-13)22-16-6-4-3-5-15(16)21-19(22)26-12-17(23)20-11-18(24)25-2/h3-10H,11-12H2,1-2H3,(H,20,23). The van der Waals surface area contributed by atoms with Crippen LogP contribution >= 0.6 is 11.8 Å². The predicted molar refractivity (Wildman–Crippen MR) is 102 cm³/mol. The lowest BCUT2D eigenvalue weighted by molar-refractivity contribution is -0.140. The number of thioether (sulfide) groups is 1. The normalized spacial score (nSPS) is 10.7. The molecule has 0 aliphatic heterocycles. The molecule has 7 heteroatoms. The number of methoxy groups -OCH3 is 1. The lowest BCUT2D eigenvalue weighted by Crippen LogP contribution is -2.31. The fraction of sp³-hybridized carbons (Fsp3) is 0.211. The van der Waals surface area contributed by atoms with E-state index in [1.54, 1.807) is 0 Å². The molecule has 26 heavy (non-hydrogen) atoms. The highest BCUT2D eigenvalue weighted by molar-refractivity contribution is 7.99. The van der Waals surface area contributed by atoms with Crippen LogP contribution in [0.3, 0.4) is 0 Å². The Morgan fingerprint density at radius 2 is 1.88 bits per heavy atom. The second kappa shape index (κ2) is 8.05. The number of ether oxygens (including phenoxy) is 1. The van der Waals surface area contributed by atoms with Crippen LogP contribution in [0.2, 0.25) is 0 Å². The number of imidazole rings is 1. The van der Waals surface area contributed by atoms with Crippen molar-refractivity contribution in [1.82, 2.24) is 14.9 Å². The van der Waals surface area contributed by atoms with Crippen molar-refractivity contribution in [2.24, 2.45) is 0 Å². The summed E-state index contributed by atoms with van der Waals surface area (Å²) >= 11 is 1.33. The van der Waals surface area contributed by atoms with E-state index in [0.717, 1.165) is 21.9 Å². The molecule has 0 aliphatic carbocycles. The maximum Gasteiger partial charge on any atom is 0.325 e. The molecule has 6 nitrogen and oxygen atoms in total. The molecule has 0 bridgehead atoms. The smallest absolute Gasteiger partial charge is 0.325 e. The molecule has 0 unspecified atom stereocenters. The molecule has 0 radical (unpaired) electrons. The second-order valence-corrected chi connectivity index (χ2v) is 6.64. The van der Waals surface area contributed by atoms with Gasteiger partial charge in [-0.2, -0.15) is 0 Å². The van der Waals surface area contributed by atoms with Gasteiger partial charge in [-0.15, -0.1) is 0 Å². The third-order valence-electron chi connectivity index (χ3n) is 3.81. The van der Waals surface area contributed by atoms with E-state index in [-0.39, 0.29) is 18.2 Å². The first-order chi connectivity index (χ1) is 12.6. The summed E-state index contributed by atoms with van der Waals surface area (Å²) in [6.45, 7) is 1.90. The molecule has 1 aromatic heterocycles. The van der Waals surface area contributed by atoms with Crippen LogP contribution < -0.4 is 5.32 Å². The fourth-order valence-corrected chi connectivity index (χ4v) is 3.33. The fourth-order valence-electron chi connectivity index (χ4n) is 2.47. The minimum atomic E-state index is -0.477. The van der Waals surface area contributed by atoms with E-state index in [1.807, 2.05) is 60.0 Å². The van der Waals surface area contributed by atoms with Crippen molar-refractivity contribution >= 4 is 34.7 Å². The zero-order chi connectivity index (χ0) is 18.5. The lowest BCUT2D eigenvalue weighted by Gasteiger charge is -2.09. The summed E-state index contributed by atoms with van der Waals surface area (Å²) in [4.78, 5) is 27.7. The minimum absolute atomic E-state index is 0.135. The lowest BCUT2D eigenvalue weighted by atomic mass is 10.2. The van der Waals surface area contributed by atoms with Crippen molar-refractivity contribution in [3.63, 3.8) is 0 Å². The van der Waals surface area contributed by atoms with Crippen molar-refractivity contribution in [2.45, 2.75) is 12.1 Å². The molecule has 3 aromatic rings. The largest absolute Gasteiger partial charge is 0.468 e. The summed E-state index contributed by atoms with van der Waals surface area (Å²) in [6.07, 6.45) is 0. The highest BCUT2D eigenvalue weighted by Crippen LogP contribution is 2.28. The first kappa shape index (κ1) is 18.0. The van der Waals surface area contributed by atoms with Gasteiger partial charge in [0.15, 0.2) is 5.16 Å². The zero-order valence-corrected chi connectivity index (χ0v) is 15.4. The molecule has 0 saturated heterocycles. The van der Waals surface area contributed by atoms with Gasteiger partial charge in [-0.05, 0) is 31.2 Å². The Kier molecular flexibility index (Phi) is 5.58. The Morgan fingerprint density at radius 1 is 1.15 bits per heavy atom. The maximum absolute atomic E-state index is 12.0. The highest BCUT2D eigenvalue weighted by Gasteiger charge is 2.14. The zero-order valence-electron chi connectivity index (χ0n) is 14.6. The van der Waals surface area contributed by atoms with Gasteiger partial charge in [-0.1, -0.05) is 41.6 Å². The Bertz CT molecular complexity index is 935. The Morgan fingerprint density at radius 3 is 2.62 bits per heavy atom. The van der Waals surface area contributed by atoms with Crippen LogP contribution in [0.5, 0.6) is 0 Å². The topological polar surface area (TPSA) is 73.2 Å². The summed E-state index contributed by atoms with van der Waals surface area (Å²) in [7, 11) is 1.28. The number of nitrogens with one attached hydrogen (secondary N) is 1. The average molecular weight is 369 g/mol. The predicted octanol–water partition coefficient (Wildman–Crippen LogP) is 2.72. The van der Waals surface area contributed by atoms with Gasteiger partial charge >= 0.3 is 5.97 Å². The van der Waals surface area contributed by atoms with Crippen LogP contribution in [-0.4, -0.2) is 40.8 Å². The molecular weight excluding hydrogens is 350 g/mol. The number of esters is 1. The molecule has 0 fully saturated rings. The summed E-state index contributed by atoms with van der Waals surface area (Å²) in [6, 6.07) is 16.0. The maximum atomic E-state index is 12.0. The number of carbonyl (C=O) groups excluding carboxylic acids is 2. The first-order valence-electron chi connectivity index (χ1n) is 8.09. The molecule has 0 aliphatic rings. The van der Waals surface area contributed by atoms with Crippen LogP contribution in [0, 0.1) is 6.92 Å². The van der Waals surface area contributed by atoms with Crippen LogP contribution in [0.25, 0.3) is 16.7 Å². The third kappa shape index (κ3) is 4.05. The van der Waals surface area contributed by atoms with Gasteiger partial charge in [-0.3, -0.25) is 14.2 Å². The number of carbonyl (C=O) groups is 2. The molecule has 0 spiro atoms. The number of benzene rings is 2. The van der Waals surface area contributed by atoms with Crippen molar-refractivity contribution in [3.8, 4) is 5.69 Å². The Labute approximate surface area is 155 Å². The molecule has 1 N–H and O–H groups in total. The molecule has 134 valence electrons. The summed E-state index contributed by atoms with van der Waals surface area (Å²) in [5, 5.41) is 3.26. The Balaban J connectivity index is 1.84. The monoisotopic (exact) mass is 369 g/mol. The van der Waals surface area contributed by atoms with E-state index >= 15 is 0 Å². The number of aryl methyl sites for hydroxylation is 1. The molecule has 0 atom stereocenters. The van der Waals surface area contributed by atoms with Crippen molar-refractivity contribution in [3.05, 3.63) is 54.1 Å². The van der Waals surface area contributed by atoms with E-state index in [0.29, 0.717) is 0 Å². The molecule has 2 aromatic carbocycles. The van der Waals surface area contributed by atoms with Crippen LogP contribution in [0.15, 0.2) is 53.7 Å². The van der Waals surface area contributed by atoms with E-state index in [2.05, 4.69) is 15.0 Å². The average Bonchev–Trinajstić information content (AvgIpc) is 3.03. The van der Waals surface area contributed by atoms with Gasteiger partial charge in [0.1, 0.15) is 6.54 Å². The molecule has 3 rings (SSSR count). The van der Waals surface area contributed by atoms with Crippen LogP contribution in [0.1, 0.15) is 5.56 Å². The van der Waals surface area contributed by atoms with Crippen molar-refractivity contribution in [2.75, 3.05) is 19.4 Å². The first-order valence-corrected chi connectivity index (χ1v) is 9.08. The van der Waals surface area contributed by atoms with E-state index < -0.39 is 5.97 Å². The minimum Gasteiger partial charge on any atom is -0.468 e. The number of amides is 1. The van der Waals surface area contributed by atoms with Gasteiger partial charge in [0.25, 0.3) is 0 Å². The second-order valence-electron chi connectivity index (χ2n) is 5.70. The molecule has 1 amide bonds. The van der Waals surface area contributed by atoms with Gasteiger partial charge in [0.05, 0.1) is 23.9 Å². The number of aromatic nitrogens is 2. The summed E-state index contributed by atoms with van der Waals surface area (Å²) < 4.78 is 6.55. The number of rotatable bonds is 6. The molecular formula is C19H19N3O3S. The summed E-state index contributed by atoms with van der Waals surface area (Å²) in [5.41, 5.74) is 4.01. The van der Waals surface area contributed by atoms with E-state index in [1.165, 1.54) is 24.4 Å². The molecule has 1 heterocycles. The van der Waals surface area contributed by atoms with Gasteiger partial charge in [0, 0.05) is 5.69 Å². The van der Waals surface area contributed by atoms with E-state index in [9.17, 15) is 9.59 Å². The molecule has 0 saturated carbocycles. The van der Waals surface area contributed by atoms with Gasteiger partial charge < -0.3 is 10.1 Å². The van der Waals surface area contributed by atoms with E-state index in [4.69, 9.17) is 0 Å². The Hall–Kier alpha value is -2.80. The van der Waals surface area contributed by atoms with Crippen molar-refractivity contribution in [1.29, 1.82) is 0 Å². The quantitative estimate of drug-likeness (QED) is 0.534. The van der Waals surface area contributed by atoms with Crippen LogP contribution in [-0.2, 0) is 14.3 Å². The summed E-state index contributed by atoms with van der Waals surface area (Å²) in [5.74, 6) is -0.565. The number of hydrogen-bond donors (Lipinski definition) is 1. The van der Waals surface area contributed by atoms with Gasteiger partial charge in [0.2, 0.25) is 5.91 Å². The van der Waals surface area contributed by atoms with Gasteiger partial charge in [-0.25, -0.2) is 4.98 Å². The number of hydrogen-bond acceptors (Lipinski definition) is 5. The highest BCUT2D eigenvalue weighted by atomic mass is 32.2. The number of para-hydroxylation sites is 2.